The van der Waals surface area contributed by atoms with Gasteiger partial charge >= 0.3 is 0 Å². The maximum Gasteiger partial charge on any atom is 0.253 e. The smallest absolute Gasteiger partial charge is 0.253 e. The fraction of sp³-hybridized carbons (Fsp3) is 0.370. The van der Waals surface area contributed by atoms with E-state index in [0.29, 0.717) is 57.5 Å². The van der Waals surface area contributed by atoms with Gasteiger partial charge in [0, 0.05) is 41.0 Å². The summed E-state index contributed by atoms with van der Waals surface area (Å²) in [6.45, 7) is 4.80. The summed E-state index contributed by atoms with van der Waals surface area (Å²) in [6, 6.07) is 8.69. The predicted molar refractivity (Wildman–Crippen MR) is 146 cm³/mol. The first-order valence-corrected chi connectivity index (χ1v) is 14.2. The molecule has 2 amide bonds. The molecule has 1 atom stereocenters. The summed E-state index contributed by atoms with van der Waals surface area (Å²) >= 11 is 0. The van der Waals surface area contributed by atoms with E-state index >= 15 is 0 Å². The Hall–Kier alpha value is -3.70. The molecular formula is C27H31N5O5S. The molecule has 5 rings (SSSR count). The third kappa shape index (κ3) is 4.25. The largest absolute Gasteiger partial charge is 0.366 e. The molecule has 2 N–H and O–H groups in total. The van der Waals surface area contributed by atoms with Crippen LogP contribution in [0.4, 0.5) is 0 Å². The number of hydrogen-bond acceptors (Lipinski definition) is 7. The van der Waals surface area contributed by atoms with E-state index in [2.05, 4.69) is 10.1 Å². The number of likely N-dealkylation sites (tertiary alicyclic amines) is 1. The van der Waals surface area contributed by atoms with Crippen molar-refractivity contribution in [1.82, 2.24) is 18.9 Å². The maximum atomic E-state index is 13.5. The van der Waals surface area contributed by atoms with Crippen LogP contribution in [0.1, 0.15) is 45.0 Å². The van der Waals surface area contributed by atoms with Crippen LogP contribution >= 0.6 is 0 Å². The number of aromatic nitrogens is 2. The highest BCUT2D eigenvalue weighted by Gasteiger charge is 2.28. The molecule has 0 spiro atoms. The molecule has 0 radical (unpaired) electrons. The summed E-state index contributed by atoms with van der Waals surface area (Å²) in [6.07, 6.45) is 2.98. The summed E-state index contributed by atoms with van der Waals surface area (Å²) in [7, 11) is 0.112. The second-order valence-corrected chi connectivity index (χ2v) is 12.1. The molecule has 1 fully saturated rings. The lowest BCUT2D eigenvalue weighted by atomic mass is 9.97. The highest BCUT2D eigenvalue weighted by atomic mass is 32.2. The highest BCUT2D eigenvalue weighted by Crippen LogP contribution is 2.38. The average Bonchev–Trinajstić information content (AvgIpc) is 3.38. The SMILES string of the molecule is Cc1noc(C)c1-c1cc(C(N)=O)c2c(c1)c1ccc(C(=O)N3CCCC(N(C)C)C3)cc1n2S(C)(=O)=O. The molecule has 1 aliphatic rings. The van der Waals surface area contributed by atoms with Crippen LogP contribution in [0, 0.1) is 13.8 Å². The number of carbonyl (C=O) groups is 2. The quantitative estimate of drug-likeness (QED) is 0.414. The standard InChI is InChI=1S/C27H31N5O5S/c1-15-24(16(2)37-29-15)18-11-21-20-9-8-17(27(34)31-10-6-7-19(14-31)30(3)4)13-23(20)32(38(5,35)36)25(21)22(12-18)26(28)33/h8-9,11-13,19H,6-7,10,14H2,1-5H3,(H2,28,33). The van der Waals surface area contributed by atoms with E-state index < -0.39 is 15.9 Å². The van der Waals surface area contributed by atoms with Gasteiger partial charge in [-0.1, -0.05) is 11.2 Å². The Balaban J connectivity index is 1.76. The number of hydrogen-bond donors (Lipinski definition) is 1. The number of likely N-dealkylation sites (N-methyl/N-ethyl adjacent to an activating group) is 1. The van der Waals surface area contributed by atoms with Gasteiger partial charge in [-0.3, -0.25) is 9.59 Å². The first kappa shape index (κ1) is 25.9. The van der Waals surface area contributed by atoms with Gasteiger partial charge in [-0.05, 0) is 70.6 Å². The van der Waals surface area contributed by atoms with Gasteiger partial charge in [-0.2, -0.15) is 0 Å². The molecule has 1 unspecified atom stereocenters. The number of fused-ring (bicyclic) bond motifs is 3. The van der Waals surface area contributed by atoms with Crippen molar-refractivity contribution in [2.24, 2.45) is 5.73 Å². The fourth-order valence-corrected chi connectivity index (χ4v) is 6.59. The molecule has 4 aromatic rings. The Bertz CT molecular complexity index is 1700. The van der Waals surface area contributed by atoms with Gasteiger partial charge < -0.3 is 20.1 Å². The number of benzene rings is 2. The van der Waals surface area contributed by atoms with Gasteiger partial charge in [-0.15, -0.1) is 0 Å². The van der Waals surface area contributed by atoms with Crippen molar-refractivity contribution in [3.63, 3.8) is 0 Å². The Kier molecular flexibility index (Phi) is 6.31. The third-order valence-electron chi connectivity index (χ3n) is 7.40. The minimum atomic E-state index is -3.89. The number of amides is 2. The number of nitrogens with two attached hydrogens (primary N) is 1. The van der Waals surface area contributed by atoms with Gasteiger partial charge in [0.15, 0.2) is 0 Å². The fourth-order valence-electron chi connectivity index (χ4n) is 5.55. The van der Waals surface area contributed by atoms with Gasteiger partial charge in [-0.25, -0.2) is 12.4 Å². The van der Waals surface area contributed by atoms with Crippen LogP contribution in [0.3, 0.4) is 0 Å². The lowest BCUT2D eigenvalue weighted by Gasteiger charge is -2.36. The number of rotatable bonds is 5. The zero-order valence-electron chi connectivity index (χ0n) is 22.1. The average molecular weight is 538 g/mol. The van der Waals surface area contributed by atoms with Crippen LogP contribution in [0.15, 0.2) is 34.9 Å². The number of aryl methyl sites for hydroxylation is 2. The van der Waals surface area contributed by atoms with Gasteiger partial charge in [0.2, 0.25) is 10.0 Å². The number of primary amides is 1. The van der Waals surface area contributed by atoms with Crippen molar-refractivity contribution in [2.75, 3.05) is 33.4 Å². The van der Waals surface area contributed by atoms with E-state index in [4.69, 9.17) is 10.3 Å². The van der Waals surface area contributed by atoms with E-state index in [9.17, 15) is 18.0 Å². The van der Waals surface area contributed by atoms with E-state index in [1.165, 1.54) is 0 Å². The second kappa shape index (κ2) is 9.25. The molecule has 0 saturated carbocycles. The second-order valence-electron chi connectivity index (χ2n) is 10.3. The van der Waals surface area contributed by atoms with E-state index in [1.54, 1.807) is 38.1 Å². The van der Waals surface area contributed by atoms with Crippen molar-refractivity contribution in [1.29, 1.82) is 0 Å². The molecular weight excluding hydrogens is 506 g/mol. The molecule has 11 heteroatoms. The first-order valence-electron chi connectivity index (χ1n) is 12.4. The van der Waals surface area contributed by atoms with Crippen molar-refractivity contribution in [3.05, 3.63) is 52.9 Å². The van der Waals surface area contributed by atoms with Crippen molar-refractivity contribution >= 4 is 43.6 Å². The molecule has 3 heterocycles. The molecule has 10 nitrogen and oxygen atoms in total. The molecule has 1 saturated heterocycles. The Morgan fingerprint density at radius 3 is 2.47 bits per heavy atom. The van der Waals surface area contributed by atoms with Crippen LogP contribution in [-0.4, -0.2) is 78.6 Å². The van der Waals surface area contributed by atoms with E-state index in [-0.39, 0.29) is 23.0 Å². The van der Waals surface area contributed by atoms with E-state index in [0.717, 1.165) is 23.1 Å². The van der Waals surface area contributed by atoms with Crippen LogP contribution in [0.25, 0.3) is 32.9 Å². The van der Waals surface area contributed by atoms with Crippen LogP contribution in [0.5, 0.6) is 0 Å². The van der Waals surface area contributed by atoms with Crippen molar-refractivity contribution in [2.45, 2.75) is 32.7 Å². The molecule has 38 heavy (non-hydrogen) atoms. The highest BCUT2D eigenvalue weighted by molar-refractivity contribution is 7.89. The molecule has 2 aromatic carbocycles. The summed E-state index contributed by atoms with van der Waals surface area (Å²) in [5.74, 6) is -0.361. The molecule has 200 valence electrons. The van der Waals surface area contributed by atoms with E-state index in [1.807, 2.05) is 25.1 Å². The normalized spacial score (nSPS) is 16.6. The monoisotopic (exact) mass is 537 g/mol. The zero-order chi connectivity index (χ0) is 27.5. The van der Waals surface area contributed by atoms with Gasteiger partial charge in [0.25, 0.3) is 11.8 Å². The number of carbonyl (C=O) groups excluding carboxylic acids is 2. The molecule has 1 aliphatic heterocycles. The predicted octanol–water partition coefficient (Wildman–Crippen LogP) is 3.14. The lowest BCUT2D eigenvalue weighted by molar-refractivity contribution is 0.0635. The van der Waals surface area contributed by atoms with Gasteiger partial charge in [0.05, 0.1) is 28.5 Å². The van der Waals surface area contributed by atoms with Crippen LogP contribution in [-0.2, 0) is 10.0 Å². The van der Waals surface area contributed by atoms with Crippen LogP contribution in [0.2, 0.25) is 0 Å². The minimum Gasteiger partial charge on any atom is -0.366 e. The van der Waals surface area contributed by atoms with Crippen molar-refractivity contribution in [3.8, 4) is 11.1 Å². The number of nitrogens with zero attached hydrogens (tertiary/aromatic N) is 4. The van der Waals surface area contributed by atoms with Crippen LogP contribution < -0.4 is 5.73 Å². The molecule has 2 aromatic heterocycles. The molecule has 0 aliphatic carbocycles. The summed E-state index contributed by atoms with van der Waals surface area (Å²) in [5.41, 5.74) is 8.69. The summed E-state index contributed by atoms with van der Waals surface area (Å²) in [4.78, 5) is 30.1. The lowest BCUT2D eigenvalue weighted by Crippen LogP contribution is -2.47. The summed E-state index contributed by atoms with van der Waals surface area (Å²) in [5, 5.41) is 5.12. The maximum absolute atomic E-state index is 13.5. The Labute approximate surface area is 221 Å². The van der Waals surface area contributed by atoms with Gasteiger partial charge in [0.1, 0.15) is 5.76 Å². The Morgan fingerprint density at radius 2 is 1.87 bits per heavy atom. The third-order valence-corrected chi connectivity index (χ3v) is 8.44. The first-order chi connectivity index (χ1) is 17.9. The topological polar surface area (TPSA) is 132 Å². The van der Waals surface area contributed by atoms with Crippen molar-refractivity contribution < 1.29 is 22.5 Å². The Morgan fingerprint density at radius 1 is 1.13 bits per heavy atom. The summed E-state index contributed by atoms with van der Waals surface area (Å²) < 4.78 is 32.6. The minimum absolute atomic E-state index is 0.0526. The number of piperidine rings is 1. The molecule has 0 bridgehead atoms. The zero-order valence-corrected chi connectivity index (χ0v) is 22.9.